The molecule has 3 heterocycles. The number of rotatable bonds is 6. The van der Waals surface area contributed by atoms with Crippen LogP contribution in [0.15, 0.2) is 67.3 Å². The Morgan fingerprint density at radius 3 is 2.43 bits per heavy atom. The van der Waals surface area contributed by atoms with Crippen LogP contribution in [-0.2, 0) is 12.1 Å². The molecule has 0 saturated carbocycles. The summed E-state index contributed by atoms with van der Waals surface area (Å²) in [7, 11) is 0. The SMILES string of the molecule is Cc1c(NC(=O)c2cncc(-c3ccccn3)c2)cnn1C(C)c1ccc(C(F)(F)F)cc1C(C)(F)F. The van der Waals surface area contributed by atoms with E-state index in [1.807, 2.05) is 6.07 Å². The third-order valence-corrected chi connectivity index (χ3v) is 5.92. The number of carbonyl (C=O) groups excluding carboxylic acids is 1. The Bertz CT molecular complexity index is 1430. The Balaban J connectivity index is 1.61. The lowest BCUT2D eigenvalue weighted by molar-refractivity contribution is -0.137. The lowest BCUT2D eigenvalue weighted by Crippen LogP contribution is -2.19. The summed E-state index contributed by atoms with van der Waals surface area (Å²) in [5, 5.41) is 6.93. The van der Waals surface area contributed by atoms with Crippen molar-refractivity contribution >= 4 is 11.6 Å². The van der Waals surface area contributed by atoms with Crippen molar-refractivity contribution in [3.05, 3.63) is 95.2 Å². The quantitative estimate of drug-likeness (QED) is 0.292. The standard InChI is InChI=1S/C26H22F5N5O/c1-15(20-8-7-19(26(29,30)31)11-21(20)25(3,27)28)36-16(2)23(14-34-36)35-24(37)18-10-17(12-32-13-18)22-6-4-5-9-33-22/h4-15H,1-3H3,(H,35,37). The first-order valence-corrected chi connectivity index (χ1v) is 11.2. The summed E-state index contributed by atoms with van der Waals surface area (Å²) >= 11 is 0. The van der Waals surface area contributed by atoms with E-state index < -0.39 is 35.2 Å². The summed E-state index contributed by atoms with van der Waals surface area (Å²) in [6.07, 6.45) is 1.19. The molecule has 1 atom stereocenters. The van der Waals surface area contributed by atoms with Crippen LogP contribution in [-0.4, -0.2) is 25.7 Å². The predicted octanol–water partition coefficient (Wildman–Crippen LogP) is 6.64. The molecule has 0 radical (unpaired) electrons. The third kappa shape index (κ3) is 5.50. The van der Waals surface area contributed by atoms with Crippen LogP contribution in [0.25, 0.3) is 11.3 Å². The highest BCUT2D eigenvalue weighted by Gasteiger charge is 2.36. The lowest BCUT2D eigenvalue weighted by atomic mass is 9.94. The van der Waals surface area contributed by atoms with Crippen molar-refractivity contribution in [3.63, 3.8) is 0 Å². The molecule has 1 amide bonds. The van der Waals surface area contributed by atoms with Crippen LogP contribution in [0.1, 0.15) is 52.6 Å². The maximum atomic E-state index is 14.3. The van der Waals surface area contributed by atoms with E-state index in [4.69, 9.17) is 0 Å². The second kappa shape index (κ2) is 9.72. The van der Waals surface area contributed by atoms with Crippen LogP contribution in [0.4, 0.5) is 27.6 Å². The summed E-state index contributed by atoms with van der Waals surface area (Å²) in [6, 6.07) is 8.42. The van der Waals surface area contributed by atoms with E-state index >= 15 is 0 Å². The normalized spacial score (nSPS) is 12.9. The zero-order valence-corrected chi connectivity index (χ0v) is 20.0. The van der Waals surface area contributed by atoms with Gasteiger partial charge in [0.1, 0.15) is 0 Å². The third-order valence-electron chi connectivity index (χ3n) is 5.92. The van der Waals surface area contributed by atoms with Gasteiger partial charge in [0.15, 0.2) is 0 Å². The van der Waals surface area contributed by atoms with Crippen molar-refractivity contribution in [2.75, 3.05) is 5.32 Å². The van der Waals surface area contributed by atoms with Crippen molar-refractivity contribution in [1.29, 1.82) is 0 Å². The zero-order valence-electron chi connectivity index (χ0n) is 20.0. The maximum Gasteiger partial charge on any atom is 0.416 e. The molecule has 4 rings (SSSR count). The van der Waals surface area contributed by atoms with E-state index in [1.54, 1.807) is 44.4 Å². The molecule has 0 saturated heterocycles. The van der Waals surface area contributed by atoms with Gasteiger partial charge in [0, 0.05) is 36.6 Å². The van der Waals surface area contributed by atoms with Gasteiger partial charge in [-0.05, 0) is 49.7 Å². The van der Waals surface area contributed by atoms with Gasteiger partial charge in [0.25, 0.3) is 11.8 Å². The van der Waals surface area contributed by atoms with Gasteiger partial charge in [-0.25, -0.2) is 8.78 Å². The molecule has 0 spiro atoms. The van der Waals surface area contributed by atoms with Gasteiger partial charge in [-0.1, -0.05) is 12.1 Å². The maximum absolute atomic E-state index is 14.3. The van der Waals surface area contributed by atoms with Crippen LogP contribution in [0.2, 0.25) is 0 Å². The van der Waals surface area contributed by atoms with Gasteiger partial charge in [0.05, 0.1) is 40.4 Å². The van der Waals surface area contributed by atoms with Crippen molar-refractivity contribution < 1.29 is 26.7 Å². The van der Waals surface area contributed by atoms with Gasteiger partial charge < -0.3 is 5.32 Å². The van der Waals surface area contributed by atoms with E-state index in [-0.39, 0.29) is 11.1 Å². The molecule has 1 aromatic carbocycles. The molecule has 11 heteroatoms. The van der Waals surface area contributed by atoms with E-state index in [0.29, 0.717) is 35.6 Å². The first kappa shape index (κ1) is 25.9. The summed E-state index contributed by atoms with van der Waals surface area (Å²) < 4.78 is 69.5. The number of nitrogens with one attached hydrogen (secondary N) is 1. The highest BCUT2D eigenvalue weighted by molar-refractivity contribution is 6.04. The minimum Gasteiger partial charge on any atom is -0.319 e. The zero-order chi connectivity index (χ0) is 27.0. The van der Waals surface area contributed by atoms with E-state index in [0.717, 1.165) is 12.1 Å². The average Bonchev–Trinajstić information content (AvgIpc) is 3.22. The van der Waals surface area contributed by atoms with Gasteiger partial charge in [-0.15, -0.1) is 0 Å². The number of halogens is 5. The van der Waals surface area contributed by atoms with Crippen molar-refractivity contribution in [2.24, 2.45) is 0 Å². The Labute approximate surface area is 209 Å². The van der Waals surface area contributed by atoms with E-state index in [9.17, 15) is 26.7 Å². The molecule has 4 aromatic rings. The average molecular weight is 515 g/mol. The minimum absolute atomic E-state index is 0.0168. The molecule has 1 unspecified atom stereocenters. The van der Waals surface area contributed by atoms with Gasteiger partial charge in [0.2, 0.25) is 0 Å². The Hall–Kier alpha value is -4.15. The molecule has 0 aliphatic heterocycles. The molecule has 3 aromatic heterocycles. The van der Waals surface area contributed by atoms with Crippen LogP contribution in [0.5, 0.6) is 0 Å². The number of nitrogens with zero attached hydrogens (tertiary/aromatic N) is 4. The van der Waals surface area contributed by atoms with E-state index in [1.165, 1.54) is 17.1 Å². The van der Waals surface area contributed by atoms with Crippen LogP contribution in [0, 0.1) is 6.92 Å². The Kier molecular flexibility index (Phi) is 6.81. The highest BCUT2D eigenvalue weighted by atomic mass is 19.4. The summed E-state index contributed by atoms with van der Waals surface area (Å²) in [6.45, 7) is 3.71. The molecule has 37 heavy (non-hydrogen) atoms. The monoisotopic (exact) mass is 515 g/mol. The number of pyridine rings is 2. The fourth-order valence-electron chi connectivity index (χ4n) is 3.98. The number of benzene rings is 1. The molecule has 0 bridgehead atoms. The summed E-state index contributed by atoms with van der Waals surface area (Å²) in [5.74, 6) is -4.00. The van der Waals surface area contributed by atoms with Crippen molar-refractivity contribution in [2.45, 2.75) is 38.9 Å². The van der Waals surface area contributed by atoms with Gasteiger partial charge >= 0.3 is 6.18 Å². The molecule has 1 N–H and O–H groups in total. The molecule has 192 valence electrons. The topological polar surface area (TPSA) is 72.7 Å². The number of amides is 1. The number of aromatic nitrogens is 4. The Morgan fingerprint density at radius 1 is 1.03 bits per heavy atom. The first-order chi connectivity index (χ1) is 17.4. The number of alkyl halides is 5. The summed E-state index contributed by atoms with van der Waals surface area (Å²) in [4.78, 5) is 21.2. The van der Waals surface area contributed by atoms with E-state index in [2.05, 4.69) is 20.4 Å². The number of hydrogen-bond donors (Lipinski definition) is 1. The van der Waals surface area contributed by atoms with Gasteiger partial charge in [-0.3, -0.25) is 19.4 Å². The largest absolute Gasteiger partial charge is 0.416 e. The molecular weight excluding hydrogens is 493 g/mol. The number of anilines is 1. The molecule has 6 nitrogen and oxygen atoms in total. The Morgan fingerprint density at radius 2 is 1.78 bits per heavy atom. The minimum atomic E-state index is -4.76. The molecule has 0 fully saturated rings. The van der Waals surface area contributed by atoms with Crippen LogP contribution >= 0.6 is 0 Å². The second-order valence-corrected chi connectivity index (χ2v) is 8.58. The van der Waals surface area contributed by atoms with Crippen molar-refractivity contribution in [3.8, 4) is 11.3 Å². The van der Waals surface area contributed by atoms with Crippen LogP contribution < -0.4 is 5.32 Å². The van der Waals surface area contributed by atoms with Gasteiger partial charge in [-0.2, -0.15) is 18.3 Å². The molecule has 0 aliphatic rings. The lowest BCUT2D eigenvalue weighted by Gasteiger charge is -2.23. The number of carbonyl (C=O) groups is 1. The second-order valence-electron chi connectivity index (χ2n) is 8.58. The molecular formula is C26H22F5N5O. The fraction of sp³-hybridized carbons (Fsp3) is 0.231. The summed E-state index contributed by atoms with van der Waals surface area (Å²) in [5.41, 5.74) is 0.374. The van der Waals surface area contributed by atoms with Crippen LogP contribution in [0.3, 0.4) is 0 Å². The molecule has 0 aliphatic carbocycles. The predicted molar refractivity (Wildman–Crippen MR) is 127 cm³/mol. The van der Waals surface area contributed by atoms with Crippen molar-refractivity contribution in [1.82, 2.24) is 19.7 Å². The fourth-order valence-corrected chi connectivity index (χ4v) is 3.98. The smallest absolute Gasteiger partial charge is 0.319 e. The number of hydrogen-bond acceptors (Lipinski definition) is 4. The highest BCUT2D eigenvalue weighted by Crippen LogP contribution is 2.39. The first-order valence-electron chi connectivity index (χ1n) is 11.2.